The molecule has 0 aromatic heterocycles. The maximum atomic E-state index is 11.8. The van der Waals surface area contributed by atoms with Crippen LogP contribution < -0.4 is 4.31 Å². The summed E-state index contributed by atoms with van der Waals surface area (Å²) in [6.45, 7) is 1.82. The number of anilines is 1. The molecule has 0 heterocycles. The molecule has 2 unspecified atom stereocenters. The molecule has 0 bridgehead atoms. The molecule has 0 saturated heterocycles. The molecule has 0 spiro atoms. The predicted molar refractivity (Wildman–Crippen MR) is 90.1 cm³/mol. The van der Waals surface area contributed by atoms with Crippen LogP contribution in [0.25, 0.3) is 11.1 Å². The number of carbonyl (C=O) groups is 2. The Kier molecular flexibility index (Phi) is 5.83. The highest BCUT2D eigenvalue weighted by Gasteiger charge is 2.25. The van der Waals surface area contributed by atoms with E-state index >= 15 is 0 Å². The smallest absolute Gasteiger partial charge is 0.305 e. The Morgan fingerprint density at radius 3 is 2.46 bits per heavy atom. The molecule has 2 rings (SSSR count). The number of carboxylic acid groups (broad SMARTS) is 1. The number of aliphatic carboxylic acids is 1. The molecule has 24 heavy (non-hydrogen) atoms. The van der Waals surface area contributed by atoms with E-state index in [-0.39, 0.29) is 5.69 Å². The van der Waals surface area contributed by atoms with Gasteiger partial charge in [0.2, 0.25) is 0 Å². The van der Waals surface area contributed by atoms with E-state index in [0.717, 1.165) is 15.4 Å². The predicted octanol–water partition coefficient (Wildman–Crippen LogP) is 2.30. The molecule has 2 aromatic carbocycles. The van der Waals surface area contributed by atoms with E-state index in [4.69, 9.17) is 5.11 Å². The van der Waals surface area contributed by atoms with E-state index in [1.165, 1.54) is 0 Å². The molecule has 2 atom stereocenters. The number of rotatable bonds is 7. The molecule has 0 amide bonds. The van der Waals surface area contributed by atoms with Crippen molar-refractivity contribution < 1.29 is 23.5 Å². The molecule has 0 aliphatic rings. The van der Waals surface area contributed by atoms with Crippen molar-refractivity contribution in [1.29, 1.82) is 0 Å². The van der Waals surface area contributed by atoms with Gasteiger partial charge in [-0.05, 0) is 24.1 Å². The van der Waals surface area contributed by atoms with Crippen LogP contribution in [0.2, 0.25) is 0 Å². The third-order valence-corrected chi connectivity index (χ3v) is 4.34. The third-order valence-electron chi connectivity index (χ3n) is 3.55. The van der Waals surface area contributed by atoms with Crippen LogP contribution in [-0.4, -0.2) is 32.2 Å². The number of hydrogen-bond donors (Lipinski definition) is 1. The van der Waals surface area contributed by atoms with Gasteiger partial charge in [-0.2, -0.15) is 0 Å². The van der Waals surface area contributed by atoms with Crippen molar-refractivity contribution in [2.45, 2.75) is 19.4 Å². The van der Waals surface area contributed by atoms with Gasteiger partial charge in [0.05, 0.1) is 12.1 Å². The van der Waals surface area contributed by atoms with Crippen molar-refractivity contribution in [2.24, 2.45) is 0 Å². The first-order valence-corrected chi connectivity index (χ1v) is 8.19. The number of carbonyl (C=O) groups excluding carboxylic acids is 1. The zero-order valence-electron chi connectivity index (χ0n) is 12.9. The van der Waals surface area contributed by atoms with Crippen molar-refractivity contribution in [3.8, 4) is 11.1 Å². The second-order valence-electron chi connectivity index (χ2n) is 5.18. The van der Waals surface area contributed by atoms with Crippen LogP contribution >= 0.6 is 0 Å². The van der Waals surface area contributed by atoms with Gasteiger partial charge in [-0.3, -0.25) is 13.3 Å². The first kappa shape index (κ1) is 17.8. The molecule has 7 heteroatoms. The summed E-state index contributed by atoms with van der Waals surface area (Å²) in [7, 11) is 0. The summed E-state index contributed by atoms with van der Waals surface area (Å²) in [5.74, 6) is -1.25. The molecule has 1 N–H and O–H groups in total. The Morgan fingerprint density at radius 2 is 1.92 bits per heavy atom. The molecular formula is C17H16NO5S-. The lowest BCUT2D eigenvalue weighted by Crippen LogP contribution is -2.40. The van der Waals surface area contributed by atoms with E-state index < -0.39 is 29.7 Å². The Bertz CT molecular complexity index is 763. The van der Waals surface area contributed by atoms with Crippen molar-refractivity contribution in [2.75, 3.05) is 4.31 Å². The van der Waals surface area contributed by atoms with Gasteiger partial charge in [0.1, 0.15) is 12.3 Å². The molecular weight excluding hydrogens is 330 g/mol. The van der Waals surface area contributed by atoms with Gasteiger partial charge in [0.15, 0.2) is 0 Å². The van der Waals surface area contributed by atoms with E-state index in [1.54, 1.807) is 12.1 Å². The second kappa shape index (κ2) is 7.85. The maximum Gasteiger partial charge on any atom is 0.305 e. The summed E-state index contributed by atoms with van der Waals surface area (Å²) in [5, 5.41) is 8.95. The van der Waals surface area contributed by atoms with E-state index in [2.05, 4.69) is 0 Å². The van der Waals surface area contributed by atoms with Gasteiger partial charge < -0.3 is 14.5 Å². The van der Waals surface area contributed by atoms with Crippen LogP contribution in [0.4, 0.5) is 5.69 Å². The molecule has 6 nitrogen and oxygen atoms in total. The molecule has 0 fully saturated rings. The SMILES string of the molecule is Cc1cccc(N(C(C=O)CC(=O)O)S(=O)[O-])c1-c1ccccc1. The molecule has 0 aliphatic heterocycles. The number of nitrogens with zero attached hydrogens (tertiary/aromatic N) is 1. The van der Waals surface area contributed by atoms with Crippen molar-refractivity contribution >= 4 is 29.2 Å². The highest BCUT2D eigenvalue weighted by Crippen LogP contribution is 2.35. The van der Waals surface area contributed by atoms with Crippen molar-refractivity contribution in [3.05, 3.63) is 54.1 Å². The third kappa shape index (κ3) is 3.87. The second-order valence-corrected chi connectivity index (χ2v) is 6.01. The lowest BCUT2D eigenvalue weighted by atomic mass is 9.98. The molecule has 0 radical (unpaired) electrons. The zero-order chi connectivity index (χ0) is 17.7. The first-order valence-electron chi connectivity index (χ1n) is 7.16. The average Bonchev–Trinajstić information content (AvgIpc) is 2.54. The highest BCUT2D eigenvalue weighted by molar-refractivity contribution is 7.80. The maximum absolute atomic E-state index is 11.8. The van der Waals surface area contributed by atoms with E-state index in [0.29, 0.717) is 11.8 Å². The van der Waals surface area contributed by atoms with Crippen LogP contribution in [-0.2, 0) is 20.9 Å². The fraction of sp³-hybridized carbons (Fsp3) is 0.176. The van der Waals surface area contributed by atoms with Crippen molar-refractivity contribution in [3.63, 3.8) is 0 Å². The van der Waals surface area contributed by atoms with Gasteiger partial charge in [0.25, 0.3) is 0 Å². The Morgan fingerprint density at radius 1 is 1.25 bits per heavy atom. The quantitative estimate of drug-likeness (QED) is 0.613. The average molecular weight is 346 g/mol. The topological polar surface area (TPSA) is 97.7 Å². The minimum Gasteiger partial charge on any atom is -0.755 e. The standard InChI is InChI=1S/C17H17NO5S/c1-12-6-5-9-15(17(12)13-7-3-2-4-8-13)18(24(22)23)14(11-19)10-16(20)21/h2-9,11,14H,10H2,1H3,(H,20,21)(H,22,23)/p-1. The summed E-state index contributed by atoms with van der Waals surface area (Å²) in [5.41, 5.74) is 2.50. The number of aldehydes is 1. The van der Waals surface area contributed by atoms with Gasteiger partial charge >= 0.3 is 5.97 Å². The molecule has 0 aliphatic carbocycles. The fourth-order valence-electron chi connectivity index (χ4n) is 2.55. The van der Waals surface area contributed by atoms with Crippen LogP contribution in [0.5, 0.6) is 0 Å². The van der Waals surface area contributed by atoms with Gasteiger partial charge in [-0.1, -0.05) is 42.5 Å². The van der Waals surface area contributed by atoms with Crippen molar-refractivity contribution in [1.82, 2.24) is 0 Å². The van der Waals surface area contributed by atoms with E-state index in [9.17, 15) is 18.4 Å². The minimum absolute atomic E-state index is 0.271. The molecule has 0 saturated carbocycles. The number of aryl methyl sites for hydroxylation is 1. The van der Waals surface area contributed by atoms with Crippen LogP contribution in [0.15, 0.2) is 48.5 Å². The largest absolute Gasteiger partial charge is 0.755 e. The van der Waals surface area contributed by atoms with Crippen LogP contribution in [0, 0.1) is 6.92 Å². The lowest BCUT2D eigenvalue weighted by Gasteiger charge is -2.33. The Hall–Kier alpha value is -2.51. The Labute approximate surface area is 142 Å². The van der Waals surface area contributed by atoms with Gasteiger partial charge in [-0.25, -0.2) is 0 Å². The van der Waals surface area contributed by atoms with E-state index in [1.807, 2.05) is 43.3 Å². The van der Waals surface area contributed by atoms with Gasteiger partial charge in [0, 0.05) is 16.8 Å². The number of hydrogen-bond acceptors (Lipinski definition) is 4. The highest BCUT2D eigenvalue weighted by atomic mass is 32.2. The normalized spacial score (nSPS) is 13.1. The van der Waals surface area contributed by atoms with Crippen LogP contribution in [0.3, 0.4) is 0 Å². The monoisotopic (exact) mass is 346 g/mol. The summed E-state index contributed by atoms with van der Waals surface area (Å²) < 4.78 is 24.3. The summed E-state index contributed by atoms with van der Waals surface area (Å²) >= 11 is -2.80. The molecule has 126 valence electrons. The summed E-state index contributed by atoms with van der Waals surface area (Å²) in [4.78, 5) is 22.3. The van der Waals surface area contributed by atoms with Crippen LogP contribution in [0.1, 0.15) is 12.0 Å². The number of benzene rings is 2. The lowest BCUT2D eigenvalue weighted by molar-refractivity contribution is -0.138. The number of carboxylic acids is 1. The van der Waals surface area contributed by atoms with Gasteiger partial charge in [-0.15, -0.1) is 0 Å². The summed E-state index contributed by atoms with van der Waals surface area (Å²) in [6.07, 6.45) is -0.277. The molecule has 2 aromatic rings. The first-order chi connectivity index (χ1) is 11.5. The fourth-order valence-corrected chi connectivity index (χ4v) is 3.21. The summed E-state index contributed by atoms with van der Waals surface area (Å²) in [6, 6.07) is 12.9. The Balaban J connectivity index is 2.63. The minimum atomic E-state index is -2.80. The zero-order valence-corrected chi connectivity index (χ0v) is 13.7.